The molecule has 0 saturated carbocycles. The summed E-state index contributed by atoms with van der Waals surface area (Å²) in [7, 11) is 0. The summed E-state index contributed by atoms with van der Waals surface area (Å²) >= 11 is 0. The number of rotatable bonds is 4. The van der Waals surface area contributed by atoms with E-state index in [9.17, 15) is 9.59 Å². The number of H-pyrrole nitrogens is 1. The molecule has 6 aromatic rings. The van der Waals surface area contributed by atoms with Gasteiger partial charge in [0.1, 0.15) is 5.39 Å². The Kier molecular flexibility index (Phi) is 5.34. The van der Waals surface area contributed by atoms with Crippen molar-refractivity contribution >= 4 is 33.5 Å². The zero-order chi connectivity index (χ0) is 25.5. The Bertz CT molecular complexity index is 1890. The quantitative estimate of drug-likeness (QED) is 0.357. The Morgan fingerprint density at radius 2 is 1.76 bits per heavy atom. The number of carbonyl (C=O) groups is 1. The molecule has 2 N–H and O–H groups in total. The van der Waals surface area contributed by atoms with Gasteiger partial charge in [-0.25, -0.2) is 14.6 Å². The SMILES string of the molecule is Cc1ccc(-c2cc(C(=O)Nc3ccccc3-n3ncc4c(=O)[nH]cnc43)c3ccccc3n2)c(C)c1. The summed E-state index contributed by atoms with van der Waals surface area (Å²) in [5.74, 6) is -0.278. The van der Waals surface area contributed by atoms with Crippen LogP contribution in [0.15, 0.2) is 90.1 Å². The average molecular weight is 487 g/mol. The molecule has 0 aliphatic heterocycles. The van der Waals surface area contributed by atoms with Crippen molar-refractivity contribution in [3.8, 4) is 16.9 Å². The molecule has 0 aliphatic rings. The molecular formula is C29H22N6O2. The maximum absolute atomic E-state index is 13.8. The van der Waals surface area contributed by atoms with Gasteiger partial charge in [0, 0.05) is 10.9 Å². The number of anilines is 1. The lowest BCUT2D eigenvalue weighted by Crippen LogP contribution is -2.15. The van der Waals surface area contributed by atoms with E-state index >= 15 is 0 Å². The predicted octanol–water partition coefficient (Wildman–Crippen LogP) is 5.19. The maximum Gasteiger partial charge on any atom is 0.261 e. The summed E-state index contributed by atoms with van der Waals surface area (Å²) in [5, 5.41) is 8.52. The minimum Gasteiger partial charge on any atom is -0.320 e. The van der Waals surface area contributed by atoms with E-state index in [0.717, 1.165) is 27.7 Å². The van der Waals surface area contributed by atoms with Gasteiger partial charge in [0.2, 0.25) is 0 Å². The molecular weight excluding hydrogens is 464 g/mol. The van der Waals surface area contributed by atoms with Crippen LogP contribution in [0, 0.1) is 13.8 Å². The number of hydrogen-bond donors (Lipinski definition) is 2. The number of amides is 1. The number of carbonyl (C=O) groups excluding carboxylic acids is 1. The van der Waals surface area contributed by atoms with Gasteiger partial charge in [-0.15, -0.1) is 0 Å². The molecule has 0 aliphatic carbocycles. The van der Waals surface area contributed by atoms with Crippen LogP contribution in [0.5, 0.6) is 0 Å². The molecule has 3 aromatic carbocycles. The highest BCUT2D eigenvalue weighted by molar-refractivity contribution is 6.13. The summed E-state index contributed by atoms with van der Waals surface area (Å²) in [6.07, 6.45) is 2.80. The van der Waals surface area contributed by atoms with E-state index in [2.05, 4.69) is 33.4 Å². The van der Waals surface area contributed by atoms with Gasteiger partial charge >= 0.3 is 0 Å². The molecule has 0 unspecified atom stereocenters. The average Bonchev–Trinajstić information content (AvgIpc) is 3.34. The van der Waals surface area contributed by atoms with Crippen LogP contribution in [-0.2, 0) is 0 Å². The lowest BCUT2D eigenvalue weighted by atomic mass is 9.99. The topological polar surface area (TPSA) is 106 Å². The maximum atomic E-state index is 13.8. The minimum absolute atomic E-state index is 0.278. The van der Waals surface area contributed by atoms with E-state index in [1.54, 1.807) is 10.7 Å². The number of aryl methyl sites for hydroxylation is 2. The van der Waals surface area contributed by atoms with Crippen LogP contribution in [0.4, 0.5) is 5.69 Å². The van der Waals surface area contributed by atoms with Crippen molar-refractivity contribution in [1.29, 1.82) is 0 Å². The van der Waals surface area contributed by atoms with E-state index in [4.69, 9.17) is 4.98 Å². The highest BCUT2D eigenvalue weighted by Crippen LogP contribution is 2.29. The second-order valence-electron chi connectivity index (χ2n) is 8.89. The second kappa shape index (κ2) is 8.83. The number of para-hydroxylation sites is 3. The van der Waals surface area contributed by atoms with Crippen molar-refractivity contribution in [2.24, 2.45) is 0 Å². The number of fused-ring (bicyclic) bond motifs is 2. The summed E-state index contributed by atoms with van der Waals surface area (Å²) < 4.78 is 1.55. The number of aromatic amines is 1. The molecule has 0 radical (unpaired) electrons. The third kappa shape index (κ3) is 3.94. The number of aromatic nitrogens is 5. The van der Waals surface area contributed by atoms with Gasteiger partial charge in [0.15, 0.2) is 5.65 Å². The third-order valence-corrected chi connectivity index (χ3v) is 6.37. The summed E-state index contributed by atoms with van der Waals surface area (Å²) in [5.41, 5.74) is 6.46. The number of benzene rings is 3. The van der Waals surface area contributed by atoms with Gasteiger partial charge in [0.25, 0.3) is 11.5 Å². The van der Waals surface area contributed by atoms with Crippen molar-refractivity contribution < 1.29 is 4.79 Å². The molecule has 0 spiro atoms. The first-order chi connectivity index (χ1) is 18.0. The van der Waals surface area contributed by atoms with Crippen molar-refractivity contribution in [2.45, 2.75) is 13.8 Å². The van der Waals surface area contributed by atoms with E-state index < -0.39 is 0 Å². The molecule has 0 bridgehead atoms. The van der Waals surface area contributed by atoms with Crippen LogP contribution in [0.3, 0.4) is 0 Å². The largest absolute Gasteiger partial charge is 0.320 e. The molecule has 0 saturated heterocycles. The fourth-order valence-corrected chi connectivity index (χ4v) is 4.59. The molecule has 8 heteroatoms. The van der Waals surface area contributed by atoms with E-state index in [-0.39, 0.29) is 11.5 Å². The first-order valence-corrected chi connectivity index (χ1v) is 11.8. The normalized spacial score (nSPS) is 11.2. The van der Waals surface area contributed by atoms with Crippen LogP contribution < -0.4 is 10.9 Å². The summed E-state index contributed by atoms with van der Waals surface area (Å²) in [4.78, 5) is 37.6. The monoisotopic (exact) mass is 486 g/mol. The first kappa shape index (κ1) is 22.4. The molecule has 0 atom stereocenters. The molecule has 37 heavy (non-hydrogen) atoms. The number of nitrogens with zero attached hydrogens (tertiary/aromatic N) is 4. The number of nitrogens with one attached hydrogen (secondary N) is 2. The lowest BCUT2D eigenvalue weighted by Gasteiger charge is -2.14. The van der Waals surface area contributed by atoms with Crippen LogP contribution in [-0.4, -0.2) is 30.6 Å². The van der Waals surface area contributed by atoms with Crippen molar-refractivity contribution in [2.75, 3.05) is 5.32 Å². The molecule has 8 nitrogen and oxygen atoms in total. The van der Waals surface area contributed by atoms with Gasteiger partial charge in [-0.3, -0.25) is 9.59 Å². The molecule has 3 heterocycles. The molecule has 180 valence electrons. The number of pyridine rings is 1. The predicted molar refractivity (Wildman–Crippen MR) is 144 cm³/mol. The van der Waals surface area contributed by atoms with Gasteiger partial charge in [-0.2, -0.15) is 5.10 Å². The van der Waals surface area contributed by atoms with Gasteiger partial charge in [-0.05, 0) is 43.7 Å². The Labute approximate surface area is 211 Å². The fourth-order valence-electron chi connectivity index (χ4n) is 4.59. The Balaban J connectivity index is 1.45. The fraction of sp³-hybridized carbons (Fsp3) is 0.0690. The van der Waals surface area contributed by atoms with Gasteiger partial charge in [-0.1, -0.05) is 54.1 Å². The van der Waals surface area contributed by atoms with Crippen LogP contribution in [0.25, 0.3) is 38.9 Å². The smallest absolute Gasteiger partial charge is 0.261 e. The van der Waals surface area contributed by atoms with Gasteiger partial charge < -0.3 is 10.3 Å². The Morgan fingerprint density at radius 1 is 0.946 bits per heavy atom. The Hall–Kier alpha value is -5.11. The summed E-state index contributed by atoms with van der Waals surface area (Å²) in [6, 6.07) is 22.9. The molecule has 0 fully saturated rings. The molecule has 6 rings (SSSR count). The second-order valence-corrected chi connectivity index (χ2v) is 8.89. The van der Waals surface area contributed by atoms with Crippen LogP contribution in [0.2, 0.25) is 0 Å². The van der Waals surface area contributed by atoms with Crippen molar-refractivity contribution in [3.63, 3.8) is 0 Å². The molecule has 1 amide bonds. The van der Waals surface area contributed by atoms with Gasteiger partial charge in [0.05, 0.1) is 40.7 Å². The molecule has 3 aromatic heterocycles. The standard InChI is InChI=1S/C29H22N6O2/c1-17-11-12-19(18(2)13-17)25-14-21(20-7-3-4-8-23(20)33-25)29(37)34-24-9-5-6-10-26(24)35-27-22(15-32-35)28(36)31-16-30-27/h3-16H,1-2H3,(H,34,37)(H,30,31,36). The van der Waals surface area contributed by atoms with Crippen LogP contribution in [0.1, 0.15) is 21.5 Å². The van der Waals surface area contributed by atoms with Crippen molar-refractivity contribution in [1.82, 2.24) is 24.7 Å². The highest BCUT2D eigenvalue weighted by atomic mass is 16.1. The first-order valence-electron chi connectivity index (χ1n) is 11.8. The van der Waals surface area contributed by atoms with E-state index in [1.807, 2.05) is 67.6 Å². The van der Waals surface area contributed by atoms with Crippen molar-refractivity contribution in [3.05, 3.63) is 112 Å². The Morgan fingerprint density at radius 3 is 2.62 bits per heavy atom. The zero-order valence-corrected chi connectivity index (χ0v) is 20.2. The number of hydrogen-bond acceptors (Lipinski definition) is 5. The van der Waals surface area contributed by atoms with E-state index in [1.165, 1.54) is 18.1 Å². The van der Waals surface area contributed by atoms with E-state index in [0.29, 0.717) is 28.0 Å². The lowest BCUT2D eigenvalue weighted by molar-refractivity contribution is 0.102. The third-order valence-electron chi connectivity index (χ3n) is 6.37. The zero-order valence-electron chi connectivity index (χ0n) is 20.2. The minimum atomic E-state index is -0.278. The van der Waals surface area contributed by atoms with Crippen LogP contribution >= 0.6 is 0 Å². The highest BCUT2D eigenvalue weighted by Gasteiger charge is 2.18. The summed E-state index contributed by atoms with van der Waals surface area (Å²) in [6.45, 7) is 4.10.